The van der Waals surface area contributed by atoms with E-state index in [-0.39, 0.29) is 24.5 Å². The van der Waals surface area contributed by atoms with Crippen molar-refractivity contribution in [1.29, 1.82) is 0 Å². The number of aliphatic carboxylic acids is 1. The van der Waals surface area contributed by atoms with Gasteiger partial charge in [-0.2, -0.15) is 0 Å². The molecule has 2 rings (SSSR count). The van der Waals surface area contributed by atoms with Gasteiger partial charge in [-0.3, -0.25) is 9.59 Å². The molecule has 0 saturated heterocycles. The molecule has 0 amide bonds. The summed E-state index contributed by atoms with van der Waals surface area (Å²) in [4.78, 5) is 23.4. The Balaban J connectivity index is 2.19. The maximum Gasteiger partial charge on any atom is 0.303 e. The van der Waals surface area contributed by atoms with Crippen LogP contribution < -0.4 is 0 Å². The van der Waals surface area contributed by atoms with E-state index in [1.54, 1.807) is 36.4 Å². The Labute approximate surface area is 134 Å². The molecule has 0 aromatic heterocycles. The third-order valence-corrected chi connectivity index (χ3v) is 3.82. The van der Waals surface area contributed by atoms with Crippen LogP contribution in [0, 0.1) is 6.92 Å². The molecule has 0 aliphatic heterocycles. The molecule has 22 heavy (non-hydrogen) atoms. The largest absolute Gasteiger partial charge is 0.481 e. The highest BCUT2D eigenvalue weighted by molar-refractivity contribution is 6.30. The summed E-state index contributed by atoms with van der Waals surface area (Å²) < 4.78 is 0. The lowest BCUT2D eigenvalue weighted by Crippen LogP contribution is -2.12. The first kappa shape index (κ1) is 16.2. The Kier molecular flexibility index (Phi) is 5.34. The van der Waals surface area contributed by atoms with Crippen molar-refractivity contribution in [2.45, 2.75) is 25.7 Å². The van der Waals surface area contributed by atoms with Gasteiger partial charge in [-0.15, -0.1) is 0 Å². The minimum atomic E-state index is -0.920. The number of carboxylic acid groups (broad SMARTS) is 1. The van der Waals surface area contributed by atoms with Crippen molar-refractivity contribution in [2.75, 3.05) is 0 Å². The lowest BCUT2D eigenvalue weighted by molar-refractivity contribution is -0.137. The number of rotatable bonds is 6. The number of halogens is 1. The molecule has 0 saturated carbocycles. The molecule has 1 atom stereocenters. The lowest BCUT2D eigenvalue weighted by Gasteiger charge is -2.15. The van der Waals surface area contributed by atoms with Crippen molar-refractivity contribution in [1.82, 2.24) is 0 Å². The van der Waals surface area contributed by atoms with Gasteiger partial charge in [-0.25, -0.2) is 0 Å². The predicted octanol–water partition coefficient (Wildman–Crippen LogP) is 4.48. The van der Waals surface area contributed by atoms with Gasteiger partial charge in [0.15, 0.2) is 5.78 Å². The van der Waals surface area contributed by atoms with Crippen LogP contribution in [0.5, 0.6) is 0 Å². The van der Waals surface area contributed by atoms with E-state index in [1.807, 2.05) is 19.1 Å². The topological polar surface area (TPSA) is 54.4 Å². The first-order valence-corrected chi connectivity index (χ1v) is 7.40. The molecule has 0 heterocycles. The van der Waals surface area contributed by atoms with Gasteiger partial charge in [0.2, 0.25) is 0 Å². The molecule has 0 aliphatic rings. The van der Waals surface area contributed by atoms with Crippen LogP contribution in [0.1, 0.15) is 40.2 Å². The highest BCUT2D eigenvalue weighted by atomic mass is 35.5. The Hall–Kier alpha value is -2.13. The van der Waals surface area contributed by atoms with Crippen molar-refractivity contribution >= 4 is 23.4 Å². The third kappa shape index (κ3) is 4.43. The van der Waals surface area contributed by atoms with E-state index >= 15 is 0 Å². The second-order valence-corrected chi connectivity index (χ2v) is 5.78. The van der Waals surface area contributed by atoms with E-state index in [4.69, 9.17) is 16.7 Å². The van der Waals surface area contributed by atoms with Crippen LogP contribution in [0.2, 0.25) is 5.02 Å². The zero-order chi connectivity index (χ0) is 16.1. The monoisotopic (exact) mass is 316 g/mol. The molecule has 1 unspecified atom stereocenters. The standard InChI is InChI=1S/C18H17ClO3/c1-12-2-4-14(5-3-12)17(20)10-15(11-18(21)22)13-6-8-16(19)9-7-13/h2-9,15H,10-11H2,1H3,(H,21,22). The molecule has 0 aliphatic carbocycles. The number of benzene rings is 2. The van der Waals surface area contributed by atoms with Gasteiger partial charge >= 0.3 is 5.97 Å². The first-order valence-electron chi connectivity index (χ1n) is 7.03. The average Bonchev–Trinajstić information content (AvgIpc) is 2.47. The Morgan fingerprint density at radius 3 is 2.14 bits per heavy atom. The summed E-state index contributed by atoms with van der Waals surface area (Å²) in [5, 5.41) is 9.67. The lowest BCUT2D eigenvalue weighted by atomic mass is 9.89. The van der Waals surface area contributed by atoms with E-state index in [9.17, 15) is 9.59 Å². The fourth-order valence-electron chi connectivity index (χ4n) is 2.33. The summed E-state index contributed by atoms with van der Waals surface area (Å²) in [5.41, 5.74) is 2.50. The number of carboxylic acids is 1. The maximum absolute atomic E-state index is 12.4. The van der Waals surface area contributed by atoms with Gasteiger partial charge < -0.3 is 5.11 Å². The minimum absolute atomic E-state index is 0.0544. The van der Waals surface area contributed by atoms with E-state index < -0.39 is 5.97 Å². The van der Waals surface area contributed by atoms with E-state index in [0.717, 1.165) is 11.1 Å². The van der Waals surface area contributed by atoms with Gasteiger partial charge in [0.1, 0.15) is 0 Å². The molecule has 4 heteroatoms. The van der Waals surface area contributed by atoms with Crippen LogP contribution in [-0.2, 0) is 4.79 Å². The van der Waals surface area contributed by atoms with Crippen molar-refractivity contribution < 1.29 is 14.7 Å². The van der Waals surface area contributed by atoms with Crippen LogP contribution in [0.15, 0.2) is 48.5 Å². The van der Waals surface area contributed by atoms with Gasteiger partial charge in [-0.05, 0) is 24.6 Å². The van der Waals surface area contributed by atoms with Crippen molar-refractivity contribution in [2.24, 2.45) is 0 Å². The fraction of sp³-hybridized carbons (Fsp3) is 0.222. The Bertz CT molecular complexity index is 660. The fourth-order valence-corrected chi connectivity index (χ4v) is 2.46. The van der Waals surface area contributed by atoms with E-state index in [1.165, 1.54) is 0 Å². The highest BCUT2D eigenvalue weighted by Gasteiger charge is 2.20. The van der Waals surface area contributed by atoms with E-state index in [0.29, 0.717) is 10.6 Å². The number of carbonyl (C=O) groups is 2. The Morgan fingerprint density at radius 2 is 1.59 bits per heavy atom. The van der Waals surface area contributed by atoms with Crippen LogP contribution in [0.25, 0.3) is 0 Å². The van der Waals surface area contributed by atoms with Gasteiger partial charge in [0.05, 0.1) is 6.42 Å². The smallest absolute Gasteiger partial charge is 0.303 e. The maximum atomic E-state index is 12.4. The predicted molar refractivity (Wildman–Crippen MR) is 86.6 cm³/mol. The van der Waals surface area contributed by atoms with Crippen molar-refractivity contribution in [3.05, 3.63) is 70.2 Å². The molecule has 114 valence electrons. The summed E-state index contributed by atoms with van der Waals surface area (Å²) in [5.74, 6) is -1.33. The molecular formula is C18H17ClO3. The van der Waals surface area contributed by atoms with E-state index in [2.05, 4.69) is 0 Å². The normalized spacial score (nSPS) is 11.9. The summed E-state index contributed by atoms with van der Waals surface area (Å²) in [7, 11) is 0. The zero-order valence-corrected chi connectivity index (χ0v) is 13.0. The van der Waals surface area contributed by atoms with Crippen molar-refractivity contribution in [3.8, 4) is 0 Å². The number of ketones is 1. The van der Waals surface area contributed by atoms with Gasteiger partial charge in [0, 0.05) is 22.9 Å². The SMILES string of the molecule is Cc1ccc(C(=O)CC(CC(=O)O)c2ccc(Cl)cc2)cc1. The van der Waals surface area contributed by atoms with Crippen LogP contribution >= 0.6 is 11.6 Å². The molecule has 0 spiro atoms. The third-order valence-electron chi connectivity index (χ3n) is 3.57. The molecule has 2 aromatic rings. The van der Waals surface area contributed by atoms with Crippen LogP contribution in [0.4, 0.5) is 0 Å². The van der Waals surface area contributed by atoms with Gasteiger partial charge in [0.25, 0.3) is 0 Å². The molecule has 1 N–H and O–H groups in total. The average molecular weight is 317 g/mol. The second-order valence-electron chi connectivity index (χ2n) is 5.34. The summed E-state index contributed by atoms with van der Waals surface area (Å²) in [6.07, 6.45) is 0.0796. The summed E-state index contributed by atoms with van der Waals surface area (Å²) in [6.45, 7) is 1.95. The number of hydrogen-bond donors (Lipinski definition) is 1. The Morgan fingerprint density at radius 1 is 1.00 bits per heavy atom. The highest BCUT2D eigenvalue weighted by Crippen LogP contribution is 2.26. The second kappa shape index (κ2) is 7.23. The summed E-state index contributed by atoms with van der Waals surface area (Å²) >= 11 is 5.86. The zero-order valence-electron chi connectivity index (χ0n) is 12.3. The quantitative estimate of drug-likeness (QED) is 0.799. The molecular weight excluding hydrogens is 300 g/mol. The first-order chi connectivity index (χ1) is 10.5. The van der Waals surface area contributed by atoms with Crippen LogP contribution in [0.3, 0.4) is 0 Å². The molecule has 0 bridgehead atoms. The summed E-state index contributed by atoms with van der Waals surface area (Å²) in [6, 6.07) is 14.3. The number of aryl methyl sites for hydroxylation is 1. The van der Waals surface area contributed by atoms with Crippen LogP contribution in [-0.4, -0.2) is 16.9 Å². The minimum Gasteiger partial charge on any atom is -0.481 e. The number of hydrogen-bond acceptors (Lipinski definition) is 2. The molecule has 3 nitrogen and oxygen atoms in total. The number of carbonyl (C=O) groups excluding carboxylic acids is 1. The number of Topliss-reactive ketones (excluding diaryl/α,β-unsaturated/α-hetero) is 1. The van der Waals surface area contributed by atoms with Crippen molar-refractivity contribution in [3.63, 3.8) is 0 Å². The van der Waals surface area contributed by atoms with Gasteiger partial charge in [-0.1, -0.05) is 53.6 Å². The molecule has 2 aromatic carbocycles. The molecule has 0 fully saturated rings. The molecule has 0 radical (unpaired) electrons.